The zero-order chi connectivity index (χ0) is 18.8. The van der Waals surface area contributed by atoms with E-state index >= 15 is 0 Å². The van der Waals surface area contributed by atoms with Gasteiger partial charge in [0.2, 0.25) is 0 Å². The molecule has 0 saturated carbocycles. The van der Waals surface area contributed by atoms with Gasteiger partial charge in [-0.3, -0.25) is 4.79 Å². The first kappa shape index (κ1) is 19.5. The fraction of sp³-hybridized carbons (Fsp3) is 0.316. The lowest BCUT2D eigenvalue weighted by Crippen LogP contribution is -2.40. The van der Waals surface area contributed by atoms with Gasteiger partial charge in [-0.05, 0) is 56.5 Å². The number of thioether (sulfide) groups is 1. The summed E-state index contributed by atoms with van der Waals surface area (Å²) in [5.74, 6) is -0.406. The summed E-state index contributed by atoms with van der Waals surface area (Å²) in [6.07, 6.45) is 1.95. The first-order chi connectivity index (χ1) is 11.6. The quantitative estimate of drug-likeness (QED) is 0.564. The van der Waals surface area contributed by atoms with Gasteiger partial charge in [0, 0.05) is 30.2 Å². The highest BCUT2D eigenvalue weighted by Crippen LogP contribution is 2.30. The molecule has 0 aliphatic carbocycles. The third-order valence-corrected chi connectivity index (χ3v) is 7.40. The van der Waals surface area contributed by atoms with E-state index in [0.717, 1.165) is 10.6 Å². The largest absolute Gasteiger partial charge is 0.378 e. The fourth-order valence-corrected chi connectivity index (χ4v) is 4.28. The molecular weight excluding hydrogens is 354 g/mol. The first-order valence-electron chi connectivity index (χ1n) is 7.82. The zero-order valence-electron chi connectivity index (χ0n) is 15.1. The van der Waals surface area contributed by atoms with Crippen molar-refractivity contribution in [3.63, 3.8) is 0 Å². The van der Waals surface area contributed by atoms with Crippen molar-refractivity contribution in [1.29, 1.82) is 0 Å². The van der Waals surface area contributed by atoms with Gasteiger partial charge in [-0.15, -0.1) is 11.8 Å². The van der Waals surface area contributed by atoms with Crippen molar-refractivity contribution < 1.29 is 13.2 Å². The minimum atomic E-state index is -3.82. The van der Waals surface area contributed by atoms with E-state index in [1.54, 1.807) is 48.2 Å². The molecule has 4 nitrogen and oxygen atoms in total. The Hall–Kier alpha value is -1.79. The molecule has 0 atom stereocenters. The van der Waals surface area contributed by atoms with Crippen LogP contribution in [0.15, 0.2) is 58.3 Å². The standard InChI is InChI=1S/C19H23NO3S2/c1-19(2,18(21)14-6-10-16(24-5)11-7-14)25(22,23)17-12-8-15(9-13-17)20(3)4/h6-13H,1-5H3. The summed E-state index contributed by atoms with van der Waals surface area (Å²) in [4.78, 5) is 15.9. The molecule has 0 N–H and O–H groups in total. The molecule has 134 valence electrons. The second kappa shape index (κ2) is 7.22. The molecule has 0 bridgehead atoms. The predicted molar refractivity (Wildman–Crippen MR) is 105 cm³/mol. The van der Waals surface area contributed by atoms with Crippen LogP contribution in [0.5, 0.6) is 0 Å². The van der Waals surface area contributed by atoms with Crippen LogP contribution < -0.4 is 4.90 Å². The Morgan fingerprint density at radius 3 is 1.92 bits per heavy atom. The number of carbonyl (C=O) groups excluding carboxylic acids is 1. The molecule has 0 aliphatic heterocycles. The molecule has 25 heavy (non-hydrogen) atoms. The SMILES string of the molecule is CSc1ccc(C(=O)C(C)(C)S(=O)(=O)c2ccc(N(C)C)cc2)cc1. The van der Waals surface area contributed by atoms with Gasteiger partial charge >= 0.3 is 0 Å². The number of carbonyl (C=O) groups is 1. The molecule has 0 heterocycles. The number of nitrogens with zero attached hydrogens (tertiary/aromatic N) is 1. The number of hydrogen-bond donors (Lipinski definition) is 0. The van der Waals surface area contributed by atoms with E-state index in [0.29, 0.717) is 5.56 Å². The molecule has 2 aromatic rings. The summed E-state index contributed by atoms with van der Waals surface area (Å²) in [5.41, 5.74) is 1.30. The maximum Gasteiger partial charge on any atom is 0.190 e. The van der Waals surface area contributed by atoms with Gasteiger partial charge in [0.1, 0.15) is 4.75 Å². The Morgan fingerprint density at radius 2 is 1.48 bits per heavy atom. The topological polar surface area (TPSA) is 54.5 Å². The highest BCUT2D eigenvalue weighted by molar-refractivity contribution is 7.98. The van der Waals surface area contributed by atoms with E-state index in [-0.39, 0.29) is 4.90 Å². The van der Waals surface area contributed by atoms with E-state index in [2.05, 4.69) is 0 Å². The maximum atomic E-state index is 13.0. The van der Waals surface area contributed by atoms with Crippen LogP contribution in [0, 0.1) is 0 Å². The van der Waals surface area contributed by atoms with Gasteiger partial charge in [0.15, 0.2) is 15.6 Å². The van der Waals surface area contributed by atoms with Gasteiger partial charge in [0.05, 0.1) is 4.90 Å². The summed E-state index contributed by atoms with van der Waals surface area (Å²) in [6.45, 7) is 2.93. The van der Waals surface area contributed by atoms with Crippen molar-refractivity contribution in [1.82, 2.24) is 0 Å². The van der Waals surface area contributed by atoms with Gasteiger partial charge in [-0.2, -0.15) is 0 Å². The van der Waals surface area contributed by atoms with E-state index in [1.807, 2.05) is 37.4 Å². The summed E-state index contributed by atoms with van der Waals surface area (Å²) >= 11 is 1.57. The van der Waals surface area contributed by atoms with Crippen LogP contribution >= 0.6 is 11.8 Å². The summed E-state index contributed by atoms with van der Waals surface area (Å²) < 4.78 is 24.5. The van der Waals surface area contributed by atoms with Gasteiger partial charge in [-0.25, -0.2) is 8.42 Å². The normalized spacial score (nSPS) is 12.0. The number of ketones is 1. The smallest absolute Gasteiger partial charge is 0.190 e. The van der Waals surface area contributed by atoms with Gasteiger partial charge < -0.3 is 4.90 Å². The van der Waals surface area contributed by atoms with Crippen molar-refractivity contribution in [2.45, 2.75) is 28.4 Å². The second-order valence-corrected chi connectivity index (χ2v) is 9.84. The lowest BCUT2D eigenvalue weighted by Gasteiger charge is -2.24. The van der Waals surface area contributed by atoms with E-state index < -0.39 is 20.4 Å². The molecule has 6 heteroatoms. The van der Waals surface area contributed by atoms with Crippen LogP contribution in [0.25, 0.3) is 0 Å². The summed E-state index contributed by atoms with van der Waals surface area (Å²) in [7, 11) is -0.0490. The van der Waals surface area contributed by atoms with Crippen LogP contribution in [0.1, 0.15) is 24.2 Å². The lowest BCUT2D eigenvalue weighted by atomic mass is 10.0. The summed E-state index contributed by atoms with van der Waals surface area (Å²) in [6, 6.07) is 13.6. The van der Waals surface area contributed by atoms with Crippen LogP contribution in [0.4, 0.5) is 5.69 Å². The Kier molecular flexibility index (Phi) is 5.64. The predicted octanol–water partition coefficient (Wildman–Crippen LogP) is 3.91. The first-order valence-corrected chi connectivity index (χ1v) is 10.5. The molecule has 0 amide bonds. The van der Waals surface area contributed by atoms with Crippen LogP contribution in [-0.4, -0.2) is 39.3 Å². The molecule has 0 fully saturated rings. The van der Waals surface area contributed by atoms with Crippen molar-refractivity contribution in [3.8, 4) is 0 Å². The second-order valence-electron chi connectivity index (χ2n) is 6.46. The summed E-state index contributed by atoms with van der Waals surface area (Å²) in [5, 5.41) is 0. The number of rotatable bonds is 6. The van der Waals surface area contributed by atoms with Crippen LogP contribution in [0.3, 0.4) is 0 Å². The average Bonchev–Trinajstić information content (AvgIpc) is 2.61. The molecule has 0 saturated heterocycles. The number of anilines is 1. The Labute approximate surface area is 154 Å². The number of sulfone groups is 1. The molecule has 2 rings (SSSR count). The highest BCUT2D eigenvalue weighted by Gasteiger charge is 2.43. The molecule has 0 radical (unpaired) electrons. The number of hydrogen-bond acceptors (Lipinski definition) is 5. The van der Waals surface area contributed by atoms with Crippen molar-refractivity contribution in [2.24, 2.45) is 0 Å². The molecule has 0 aromatic heterocycles. The number of benzene rings is 2. The Morgan fingerprint density at radius 1 is 0.960 bits per heavy atom. The highest BCUT2D eigenvalue weighted by atomic mass is 32.2. The average molecular weight is 378 g/mol. The monoisotopic (exact) mass is 377 g/mol. The Balaban J connectivity index is 2.39. The minimum absolute atomic E-state index is 0.150. The van der Waals surface area contributed by atoms with Crippen molar-refractivity contribution >= 4 is 33.1 Å². The van der Waals surface area contributed by atoms with Crippen molar-refractivity contribution in [2.75, 3.05) is 25.3 Å². The molecule has 0 unspecified atom stereocenters. The van der Waals surface area contributed by atoms with E-state index in [9.17, 15) is 13.2 Å². The maximum absolute atomic E-state index is 13.0. The fourth-order valence-electron chi connectivity index (χ4n) is 2.43. The van der Waals surface area contributed by atoms with Crippen LogP contribution in [0.2, 0.25) is 0 Å². The zero-order valence-corrected chi connectivity index (χ0v) is 16.7. The van der Waals surface area contributed by atoms with Crippen LogP contribution in [-0.2, 0) is 9.84 Å². The van der Waals surface area contributed by atoms with Gasteiger partial charge in [0.25, 0.3) is 0 Å². The third kappa shape index (κ3) is 3.75. The van der Waals surface area contributed by atoms with Crippen molar-refractivity contribution in [3.05, 3.63) is 54.1 Å². The minimum Gasteiger partial charge on any atom is -0.378 e. The molecule has 2 aromatic carbocycles. The molecule has 0 spiro atoms. The third-order valence-electron chi connectivity index (χ3n) is 4.23. The van der Waals surface area contributed by atoms with Gasteiger partial charge in [-0.1, -0.05) is 12.1 Å². The van der Waals surface area contributed by atoms with E-state index in [1.165, 1.54) is 13.8 Å². The number of Topliss-reactive ketones (excluding diaryl/α,β-unsaturated/α-hetero) is 1. The van der Waals surface area contributed by atoms with E-state index in [4.69, 9.17) is 0 Å². The molecule has 0 aliphatic rings. The molecular formula is C19H23NO3S2. The lowest BCUT2D eigenvalue weighted by molar-refractivity contribution is 0.0953. The Bertz CT molecular complexity index is 853.